The van der Waals surface area contributed by atoms with E-state index < -0.39 is 0 Å². The third-order valence-corrected chi connectivity index (χ3v) is 4.20. The quantitative estimate of drug-likeness (QED) is 0.743. The lowest BCUT2D eigenvalue weighted by Gasteiger charge is -2.12. The highest BCUT2D eigenvalue weighted by Crippen LogP contribution is 2.29. The van der Waals surface area contributed by atoms with E-state index in [-0.39, 0.29) is 18.2 Å². The second kappa shape index (κ2) is 7.70. The molecule has 0 saturated heterocycles. The maximum absolute atomic E-state index is 12.6. The van der Waals surface area contributed by atoms with E-state index in [1.807, 2.05) is 42.5 Å². The molecule has 1 aromatic carbocycles. The topological polar surface area (TPSA) is 67.4 Å². The lowest BCUT2D eigenvalue weighted by atomic mass is 10.1. The molecule has 5 nitrogen and oxygen atoms in total. The minimum absolute atomic E-state index is 0.170. The number of ether oxygens (including phenoxy) is 1. The molecule has 2 aliphatic rings. The smallest absolute Gasteiger partial charge is 0.251 e. The van der Waals surface area contributed by atoms with Gasteiger partial charge in [0.25, 0.3) is 5.91 Å². The summed E-state index contributed by atoms with van der Waals surface area (Å²) in [4.78, 5) is 24.4. The Kier molecular flexibility index (Phi) is 5.17. The van der Waals surface area contributed by atoms with Crippen LogP contribution < -0.4 is 15.4 Å². The van der Waals surface area contributed by atoms with Crippen LogP contribution in [0.2, 0.25) is 0 Å². The maximum Gasteiger partial charge on any atom is 0.251 e. The third-order valence-electron chi connectivity index (χ3n) is 4.20. The Labute approximate surface area is 152 Å². The zero-order valence-electron chi connectivity index (χ0n) is 14.7. The van der Waals surface area contributed by atoms with Crippen molar-refractivity contribution in [2.75, 3.05) is 19.5 Å². The van der Waals surface area contributed by atoms with Crippen molar-refractivity contribution in [3.63, 3.8) is 0 Å². The summed E-state index contributed by atoms with van der Waals surface area (Å²) in [6.07, 6.45) is 0.237. The lowest BCUT2D eigenvalue weighted by Crippen LogP contribution is -2.19. The molecular weight excluding hydrogens is 328 g/mol. The van der Waals surface area contributed by atoms with Crippen molar-refractivity contribution in [3.8, 4) is 16.9 Å². The molecule has 1 aromatic rings. The SMILES string of the molecule is CNC(=O)c1ccc(OC)c(NC(=O)Cc2ccc3cccccc2-3)c1. The van der Waals surface area contributed by atoms with Gasteiger partial charge in [-0.1, -0.05) is 42.5 Å². The Morgan fingerprint density at radius 2 is 1.81 bits per heavy atom. The van der Waals surface area contributed by atoms with Gasteiger partial charge in [-0.2, -0.15) is 0 Å². The zero-order valence-corrected chi connectivity index (χ0v) is 14.7. The number of fused-ring (bicyclic) bond motifs is 1. The molecule has 0 bridgehead atoms. The fourth-order valence-corrected chi connectivity index (χ4v) is 2.89. The van der Waals surface area contributed by atoms with Crippen LogP contribution in [-0.4, -0.2) is 26.0 Å². The van der Waals surface area contributed by atoms with Crippen molar-refractivity contribution < 1.29 is 14.3 Å². The number of hydrogen-bond donors (Lipinski definition) is 2. The van der Waals surface area contributed by atoms with Crippen LogP contribution in [-0.2, 0) is 11.2 Å². The van der Waals surface area contributed by atoms with Gasteiger partial charge in [-0.3, -0.25) is 9.59 Å². The lowest BCUT2D eigenvalue weighted by molar-refractivity contribution is -0.115. The summed E-state index contributed by atoms with van der Waals surface area (Å²) in [6, 6.07) is 18.8. The van der Waals surface area contributed by atoms with Crippen LogP contribution in [0.25, 0.3) is 11.1 Å². The van der Waals surface area contributed by atoms with Crippen LogP contribution in [0.15, 0.2) is 60.7 Å². The molecule has 26 heavy (non-hydrogen) atoms. The van der Waals surface area contributed by atoms with Gasteiger partial charge in [0.05, 0.1) is 19.2 Å². The number of benzene rings is 1. The number of methoxy groups -OCH3 is 1. The zero-order chi connectivity index (χ0) is 18.5. The maximum atomic E-state index is 12.6. The Balaban J connectivity index is 1.81. The van der Waals surface area contributed by atoms with Crippen molar-refractivity contribution in [1.82, 2.24) is 5.32 Å². The van der Waals surface area contributed by atoms with Crippen LogP contribution >= 0.6 is 0 Å². The van der Waals surface area contributed by atoms with Gasteiger partial charge < -0.3 is 15.4 Å². The van der Waals surface area contributed by atoms with Gasteiger partial charge in [0.1, 0.15) is 5.75 Å². The monoisotopic (exact) mass is 348 g/mol. The molecule has 0 spiro atoms. The minimum Gasteiger partial charge on any atom is -0.495 e. The van der Waals surface area contributed by atoms with E-state index in [4.69, 9.17) is 4.74 Å². The molecule has 3 rings (SSSR count). The highest BCUT2D eigenvalue weighted by Gasteiger charge is 2.15. The molecule has 0 atom stereocenters. The van der Waals surface area contributed by atoms with E-state index in [0.29, 0.717) is 17.0 Å². The summed E-state index contributed by atoms with van der Waals surface area (Å²) in [7, 11) is 3.08. The third kappa shape index (κ3) is 3.67. The van der Waals surface area contributed by atoms with E-state index in [2.05, 4.69) is 10.6 Å². The number of amides is 2. The molecule has 0 aromatic heterocycles. The average Bonchev–Trinajstić information content (AvgIpc) is 2.87. The summed E-state index contributed by atoms with van der Waals surface area (Å²) < 4.78 is 5.29. The van der Waals surface area contributed by atoms with E-state index >= 15 is 0 Å². The number of hydrogen-bond acceptors (Lipinski definition) is 3. The predicted octanol–water partition coefficient (Wildman–Crippen LogP) is 3.34. The standard InChI is InChI=1S/C21H20N2O3/c1-22-21(25)16-10-11-19(26-2)18(12-16)23-20(24)13-15-9-8-14-6-4-3-5-7-17(14)15/h3-12H,13H2,1-2H3,(H,22,25)(H,23,24). The van der Waals surface area contributed by atoms with Crippen molar-refractivity contribution in [3.05, 3.63) is 71.8 Å². The van der Waals surface area contributed by atoms with Gasteiger partial charge in [-0.05, 0) is 34.9 Å². The number of nitrogens with one attached hydrogen (secondary N) is 2. The Hall–Kier alpha value is -3.34. The molecule has 0 heterocycles. The number of carbonyl (C=O) groups is 2. The van der Waals surface area contributed by atoms with Gasteiger partial charge in [-0.15, -0.1) is 0 Å². The highest BCUT2D eigenvalue weighted by molar-refractivity contribution is 5.99. The molecule has 0 fully saturated rings. The second-order valence-corrected chi connectivity index (χ2v) is 5.86. The first-order valence-electron chi connectivity index (χ1n) is 8.29. The fraction of sp³-hybridized carbons (Fsp3) is 0.143. The van der Waals surface area contributed by atoms with Gasteiger partial charge in [-0.25, -0.2) is 0 Å². The molecule has 2 N–H and O–H groups in total. The number of anilines is 1. The Bertz CT molecular complexity index is 921. The molecular formula is C21H20N2O3. The minimum atomic E-state index is -0.224. The summed E-state index contributed by atoms with van der Waals surface area (Å²) >= 11 is 0. The Morgan fingerprint density at radius 1 is 1.00 bits per heavy atom. The van der Waals surface area contributed by atoms with E-state index in [1.165, 1.54) is 7.11 Å². The fourth-order valence-electron chi connectivity index (χ4n) is 2.89. The van der Waals surface area contributed by atoms with Crippen molar-refractivity contribution >= 4 is 17.5 Å². The molecule has 0 radical (unpaired) electrons. The van der Waals surface area contributed by atoms with Gasteiger partial charge in [0, 0.05) is 12.6 Å². The molecule has 2 amide bonds. The van der Waals surface area contributed by atoms with Crippen LogP contribution in [0.3, 0.4) is 0 Å². The summed E-state index contributed by atoms with van der Waals surface area (Å²) in [6.45, 7) is 0. The van der Waals surface area contributed by atoms with E-state index in [1.54, 1.807) is 25.2 Å². The molecule has 132 valence electrons. The van der Waals surface area contributed by atoms with Gasteiger partial charge in [0.15, 0.2) is 0 Å². The normalized spacial score (nSPS) is 10.4. The number of rotatable bonds is 5. The average molecular weight is 348 g/mol. The van der Waals surface area contributed by atoms with Gasteiger partial charge in [0.2, 0.25) is 5.91 Å². The first-order valence-corrected chi connectivity index (χ1v) is 8.29. The largest absolute Gasteiger partial charge is 0.495 e. The van der Waals surface area contributed by atoms with Crippen LogP contribution in [0.1, 0.15) is 15.9 Å². The van der Waals surface area contributed by atoms with Crippen molar-refractivity contribution in [1.29, 1.82) is 0 Å². The van der Waals surface area contributed by atoms with E-state index in [0.717, 1.165) is 16.7 Å². The van der Waals surface area contributed by atoms with Crippen molar-refractivity contribution in [2.24, 2.45) is 0 Å². The van der Waals surface area contributed by atoms with Gasteiger partial charge >= 0.3 is 0 Å². The van der Waals surface area contributed by atoms with Crippen molar-refractivity contribution in [2.45, 2.75) is 6.42 Å². The summed E-state index contributed by atoms with van der Waals surface area (Å²) in [5.41, 5.74) is 4.03. The molecule has 0 saturated carbocycles. The molecule has 2 aliphatic carbocycles. The van der Waals surface area contributed by atoms with Crippen LogP contribution in [0, 0.1) is 0 Å². The molecule has 0 aliphatic heterocycles. The summed E-state index contributed by atoms with van der Waals surface area (Å²) in [5.74, 6) is 0.110. The molecule has 5 heteroatoms. The molecule has 0 unspecified atom stereocenters. The van der Waals surface area contributed by atoms with E-state index in [9.17, 15) is 9.59 Å². The first kappa shape index (κ1) is 17.5. The predicted molar refractivity (Wildman–Crippen MR) is 102 cm³/mol. The summed E-state index contributed by atoms with van der Waals surface area (Å²) in [5, 5.41) is 5.41. The second-order valence-electron chi connectivity index (χ2n) is 5.86. The van der Waals surface area contributed by atoms with Crippen LogP contribution in [0.5, 0.6) is 5.75 Å². The van der Waals surface area contributed by atoms with Crippen LogP contribution in [0.4, 0.5) is 5.69 Å². The Morgan fingerprint density at radius 3 is 2.58 bits per heavy atom. The highest BCUT2D eigenvalue weighted by atomic mass is 16.5. The number of carbonyl (C=O) groups excluding carboxylic acids is 2. The first-order chi connectivity index (χ1) is 12.6.